The van der Waals surface area contributed by atoms with Gasteiger partial charge in [0.15, 0.2) is 11.5 Å². The zero-order valence-electron chi connectivity index (χ0n) is 16.8. The minimum absolute atomic E-state index is 0.0259. The van der Waals surface area contributed by atoms with Crippen LogP contribution in [0.1, 0.15) is 41.4 Å². The van der Waals surface area contributed by atoms with Gasteiger partial charge >= 0.3 is 0 Å². The van der Waals surface area contributed by atoms with Crippen molar-refractivity contribution in [3.8, 4) is 0 Å². The third kappa shape index (κ3) is 3.35. The number of piperidine rings is 1. The molecule has 1 amide bonds. The first-order valence-electron chi connectivity index (χ1n) is 10.6. The zero-order valence-corrected chi connectivity index (χ0v) is 16.8. The molecule has 29 heavy (non-hydrogen) atoms. The van der Waals surface area contributed by atoms with Gasteiger partial charge in [0.1, 0.15) is 0 Å². The van der Waals surface area contributed by atoms with Crippen molar-refractivity contribution in [3.63, 3.8) is 0 Å². The molecule has 1 saturated heterocycles. The molecule has 3 heterocycles. The van der Waals surface area contributed by atoms with Crippen molar-refractivity contribution in [1.29, 1.82) is 0 Å². The van der Waals surface area contributed by atoms with Crippen molar-refractivity contribution >= 4 is 22.5 Å². The molecule has 2 aliphatic rings. The number of amides is 1. The average Bonchev–Trinajstić information content (AvgIpc) is 2.78. The van der Waals surface area contributed by atoms with E-state index in [0.717, 1.165) is 48.6 Å². The summed E-state index contributed by atoms with van der Waals surface area (Å²) in [7, 11) is 0. The van der Waals surface area contributed by atoms with E-state index < -0.39 is 0 Å². The third-order valence-electron chi connectivity index (χ3n) is 6.37. The second-order valence-electron chi connectivity index (χ2n) is 8.33. The highest BCUT2D eigenvalue weighted by Gasteiger charge is 2.26. The molecule has 2 aromatic carbocycles. The molecule has 3 aromatic rings. The van der Waals surface area contributed by atoms with Crippen LogP contribution in [0.3, 0.4) is 0 Å². The topological polar surface area (TPSA) is 49.3 Å². The van der Waals surface area contributed by atoms with Gasteiger partial charge < -0.3 is 9.80 Å². The Balaban J connectivity index is 1.48. The summed E-state index contributed by atoms with van der Waals surface area (Å²) in [5, 5.41) is 10.9. The number of benzene rings is 2. The first kappa shape index (κ1) is 18.1. The number of nitrogens with zero attached hydrogens (tertiary/aromatic N) is 4. The van der Waals surface area contributed by atoms with Crippen LogP contribution in [0, 0.1) is 5.92 Å². The van der Waals surface area contributed by atoms with Crippen LogP contribution in [-0.2, 0) is 13.0 Å². The van der Waals surface area contributed by atoms with E-state index in [0.29, 0.717) is 12.2 Å². The lowest BCUT2D eigenvalue weighted by Crippen LogP contribution is -2.37. The van der Waals surface area contributed by atoms with Crippen molar-refractivity contribution in [2.24, 2.45) is 5.92 Å². The molecule has 0 spiro atoms. The van der Waals surface area contributed by atoms with Crippen LogP contribution < -0.4 is 4.90 Å². The summed E-state index contributed by atoms with van der Waals surface area (Å²) in [6.45, 7) is 5.65. The fourth-order valence-electron chi connectivity index (χ4n) is 4.52. The number of carbonyl (C=O) groups excluding carboxylic acids is 1. The van der Waals surface area contributed by atoms with E-state index in [4.69, 9.17) is 0 Å². The molecule has 0 aliphatic carbocycles. The minimum Gasteiger partial charge on any atom is -0.355 e. The van der Waals surface area contributed by atoms with Crippen LogP contribution in [0.2, 0.25) is 0 Å². The fraction of sp³-hybridized carbons (Fsp3) is 0.375. The molecule has 1 fully saturated rings. The smallest absolute Gasteiger partial charge is 0.275 e. The molecule has 0 radical (unpaired) electrons. The molecule has 148 valence electrons. The first-order chi connectivity index (χ1) is 14.2. The summed E-state index contributed by atoms with van der Waals surface area (Å²) in [5.74, 6) is 1.64. The maximum atomic E-state index is 13.4. The van der Waals surface area contributed by atoms with Gasteiger partial charge in [-0.15, -0.1) is 10.2 Å². The third-order valence-corrected chi connectivity index (χ3v) is 6.37. The maximum Gasteiger partial charge on any atom is 0.275 e. The van der Waals surface area contributed by atoms with Gasteiger partial charge in [-0.3, -0.25) is 4.79 Å². The molecule has 0 bridgehead atoms. The van der Waals surface area contributed by atoms with Gasteiger partial charge in [-0.05, 0) is 36.3 Å². The van der Waals surface area contributed by atoms with Gasteiger partial charge in [0.25, 0.3) is 5.91 Å². The summed E-state index contributed by atoms with van der Waals surface area (Å²) < 4.78 is 0. The van der Waals surface area contributed by atoms with E-state index in [1.165, 1.54) is 24.0 Å². The van der Waals surface area contributed by atoms with Crippen LogP contribution in [0.25, 0.3) is 10.8 Å². The van der Waals surface area contributed by atoms with Crippen LogP contribution >= 0.6 is 0 Å². The Morgan fingerprint density at radius 3 is 2.38 bits per heavy atom. The maximum absolute atomic E-state index is 13.4. The number of hydrogen-bond donors (Lipinski definition) is 0. The lowest BCUT2D eigenvalue weighted by atomic mass is 9.98. The number of anilines is 1. The Morgan fingerprint density at radius 1 is 0.897 bits per heavy atom. The molecule has 5 nitrogen and oxygen atoms in total. The summed E-state index contributed by atoms with van der Waals surface area (Å²) >= 11 is 0. The number of carbonyl (C=O) groups is 1. The van der Waals surface area contributed by atoms with E-state index in [9.17, 15) is 4.79 Å². The van der Waals surface area contributed by atoms with Crippen molar-refractivity contribution < 1.29 is 4.79 Å². The normalized spacial score (nSPS) is 17.4. The highest BCUT2D eigenvalue weighted by atomic mass is 16.2. The molecule has 0 saturated carbocycles. The van der Waals surface area contributed by atoms with E-state index >= 15 is 0 Å². The van der Waals surface area contributed by atoms with Crippen LogP contribution in [-0.4, -0.2) is 40.6 Å². The van der Waals surface area contributed by atoms with Crippen molar-refractivity contribution in [2.45, 2.75) is 32.7 Å². The molecular weight excluding hydrogens is 360 g/mol. The number of hydrogen-bond acceptors (Lipinski definition) is 4. The monoisotopic (exact) mass is 386 g/mol. The standard InChI is InChI=1S/C24H26N4O/c1-17-10-13-27(14-11-17)23-21-9-5-4-8-20(21)22(25-26-23)24(29)28-15-12-18-6-2-3-7-19(18)16-28/h2-9,17H,10-16H2,1H3. The van der Waals surface area contributed by atoms with Gasteiger partial charge in [0.2, 0.25) is 0 Å². The largest absolute Gasteiger partial charge is 0.355 e. The summed E-state index contributed by atoms with van der Waals surface area (Å²) in [6.07, 6.45) is 3.23. The second kappa shape index (κ2) is 7.47. The summed E-state index contributed by atoms with van der Waals surface area (Å²) in [6, 6.07) is 16.4. The quantitative estimate of drug-likeness (QED) is 0.666. The highest BCUT2D eigenvalue weighted by Crippen LogP contribution is 2.30. The van der Waals surface area contributed by atoms with E-state index in [-0.39, 0.29) is 5.91 Å². The van der Waals surface area contributed by atoms with Gasteiger partial charge in [-0.2, -0.15) is 0 Å². The molecule has 1 aromatic heterocycles. The zero-order chi connectivity index (χ0) is 19.8. The molecule has 5 heteroatoms. The van der Waals surface area contributed by atoms with E-state index in [1.54, 1.807) is 0 Å². The highest BCUT2D eigenvalue weighted by molar-refractivity contribution is 6.07. The van der Waals surface area contributed by atoms with Crippen LogP contribution in [0.4, 0.5) is 5.82 Å². The lowest BCUT2D eigenvalue weighted by Gasteiger charge is -2.32. The Morgan fingerprint density at radius 2 is 1.59 bits per heavy atom. The van der Waals surface area contributed by atoms with E-state index in [1.807, 2.05) is 29.2 Å². The van der Waals surface area contributed by atoms with Gasteiger partial charge in [0.05, 0.1) is 0 Å². The Labute approximate surface area is 171 Å². The molecule has 0 unspecified atom stereocenters. The number of fused-ring (bicyclic) bond motifs is 2. The summed E-state index contributed by atoms with van der Waals surface area (Å²) in [4.78, 5) is 17.6. The van der Waals surface area contributed by atoms with Gasteiger partial charge in [-0.25, -0.2) is 0 Å². The summed E-state index contributed by atoms with van der Waals surface area (Å²) in [5.41, 5.74) is 3.03. The molecule has 5 rings (SSSR count). The average molecular weight is 386 g/mol. The minimum atomic E-state index is -0.0259. The molecule has 0 N–H and O–H groups in total. The van der Waals surface area contributed by atoms with E-state index in [2.05, 4.69) is 46.3 Å². The SMILES string of the molecule is CC1CCN(c2nnc(C(=O)N3CCc4ccccc4C3)c3ccccc23)CC1. The first-order valence-corrected chi connectivity index (χ1v) is 10.6. The Bertz CT molecular complexity index is 1060. The van der Waals surface area contributed by atoms with Gasteiger partial charge in [0, 0.05) is 37.0 Å². The van der Waals surface area contributed by atoms with Crippen molar-refractivity contribution in [3.05, 3.63) is 65.4 Å². The predicted octanol–water partition coefficient (Wildman–Crippen LogP) is 4.06. The predicted molar refractivity (Wildman–Crippen MR) is 115 cm³/mol. The van der Waals surface area contributed by atoms with Crippen LogP contribution in [0.5, 0.6) is 0 Å². The number of aromatic nitrogens is 2. The molecular formula is C24H26N4O. The number of rotatable bonds is 2. The fourth-order valence-corrected chi connectivity index (χ4v) is 4.52. The van der Waals surface area contributed by atoms with Crippen LogP contribution in [0.15, 0.2) is 48.5 Å². The van der Waals surface area contributed by atoms with Gasteiger partial charge in [-0.1, -0.05) is 55.5 Å². The Hall–Kier alpha value is -2.95. The lowest BCUT2D eigenvalue weighted by molar-refractivity contribution is 0.0730. The van der Waals surface area contributed by atoms with Crippen molar-refractivity contribution in [1.82, 2.24) is 15.1 Å². The Kier molecular flexibility index (Phi) is 4.66. The van der Waals surface area contributed by atoms with Crippen molar-refractivity contribution in [2.75, 3.05) is 24.5 Å². The molecule has 2 aliphatic heterocycles. The second-order valence-corrected chi connectivity index (χ2v) is 8.33. The molecule has 0 atom stereocenters.